The third-order valence-corrected chi connectivity index (χ3v) is 1.36. The molecule has 15 heavy (non-hydrogen) atoms. The number of hydrogen-bond donors (Lipinski definition) is 2. The Bertz CT molecular complexity index is 500. The molecule has 0 bridgehead atoms. The van der Waals surface area contributed by atoms with E-state index in [0.29, 0.717) is 0 Å². The molecule has 11 nitrogen and oxygen atoms in total. The summed E-state index contributed by atoms with van der Waals surface area (Å²) in [5.74, 6) is -0.605. The molecular weight excluding hydrogens is 208 g/mol. The fourth-order valence-electron chi connectivity index (χ4n) is 0.672. The van der Waals surface area contributed by atoms with E-state index in [2.05, 4.69) is 35.0 Å². The largest absolute Gasteiger partial charge is 0.391 e. The van der Waals surface area contributed by atoms with Gasteiger partial charge in [0.05, 0.1) is 0 Å². The summed E-state index contributed by atoms with van der Waals surface area (Å²) in [5, 5.41) is 27.4. The van der Waals surface area contributed by atoms with Crippen LogP contribution in [0.2, 0.25) is 0 Å². The van der Waals surface area contributed by atoms with Crippen molar-refractivity contribution in [2.75, 3.05) is 11.5 Å². The Hall–Kier alpha value is -2.72. The first-order valence-corrected chi connectivity index (χ1v) is 3.53. The molecule has 2 aromatic heterocycles. The van der Waals surface area contributed by atoms with Crippen LogP contribution in [0.15, 0.2) is 19.5 Å². The quantitative estimate of drug-likeness (QED) is 0.484. The van der Waals surface area contributed by atoms with Crippen LogP contribution in [0.4, 0.5) is 23.3 Å². The minimum Gasteiger partial charge on any atom is -0.391 e. The minimum absolute atomic E-state index is 0.0151. The number of hydrogen-bond acceptors (Lipinski definition) is 10. The summed E-state index contributed by atoms with van der Waals surface area (Å²) in [6.45, 7) is 0. The summed E-state index contributed by atoms with van der Waals surface area (Å²) in [7, 11) is 0. The van der Waals surface area contributed by atoms with Crippen molar-refractivity contribution >= 4 is 23.3 Å². The van der Waals surface area contributed by atoms with Crippen LogP contribution >= 0.6 is 0 Å². The highest BCUT2D eigenvalue weighted by atomic mass is 16.8. The van der Waals surface area contributed by atoms with Gasteiger partial charge in [0, 0.05) is 0 Å². The van der Waals surface area contributed by atoms with Crippen LogP contribution < -0.4 is 16.4 Å². The van der Waals surface area contributed by atoms with Gasteiger partial charge >= 0.3 is 11.6 Å². The maximum absolute atomic E-state index is 10.7. The molecule has 0 spiro atoms. The van der Waals surface area contributed by atoms with Gasteiger partial charge in [-0.05, 0) is 15.5 Å². The van der Waals surface area contributed by atoms with E-state index < -0.39 is 0 Å². The Morgan fingerprint density at radius 2 is 1.87 bits per heavy atom. The Balaban J connectivity index is 2.26. The van der Waals surface area contributed by atoms with E-state index in [-0.39, 0.29) is 28.2 Å². The van der Waals surface area contributed by atoms with Crippen LogP contribution in [0, 0.1) is 5.21 Å². The Labute approximate surface area is 80.8 Å². The predicted octanol–water partition coefficient (Wildman–Crippen LogP) is -0.729. The van der Waals surface area contributed by atoms with Crippen LogP contribution in [0.1, 0.15) is 0 Å². The molecule has 0 saturated carbocycles. The van der Waals surface area contributed by atoms with Gasteiger partial charge in [0.15, 0.2) is 0 Å². The van der Waals surface area contributed by atoms with Gasteiger partial charge in [0.25, 0.3) is 5.82 Å². The second-order valence-corrected chi connectivity index (χ2v) is 2.31. The monoisotopic (exact) mass is 212 g/mol. The molecule has 2 heterocycles. The molecule has 2 aromatic rings. The summed E-state index contributed by atoms with van der Waals surface area (Å²) in [4.78, 5) is -0.0151. The van der Waals surface area contributed by atoms with E-state index in [4.69, 9.17) is 11.5 Å². The lowest BCUT2D eigenvalue weighted by molar-refractivity contribution is -0.790. The predicted molar refractivity (Wildman–Crippen MR) is 42.8 cm³/mol. The van der Waals surface area contributed by atoms with E-state index in [1.165, 1.54) is 0 Å². The maximum Gasteiger partial charge on any atom is 0.342 e. The molecule has 0 unspecified atom stereocenters. The number of nitrogens with zero attached hydrogens (tertiary/aromatic N) is 6. The lowest BCUT2D eigenvalue weighted by Gasteiger charge is -1.84. The Kier molecular flexibility index (Phi) is 1.89. The number of nitrogens with two attached hydrogens (primary N) is 2. The molecule has 0 aromatic carbocycles. The third-order valence-electron chi connectivity index (χ3n) is 1.36. The first-order chi connectivity index (χ1) is 7.18. The lowest BCUT2D eigenvalue weighted by Crippen LogP contribution is -2.26. The summed E-state index contributed by atoms with van der Waals surface area (Å²) in [6, 6.07) is 0. The maximum atomic E-state index is 10.7. The van der Waals surface area contributed by atoms with E-state index in [0.717, 1.165) is 0 Å². The molecule has 78 valence electrons. The van der Waals surface area contributed by atoms with Gasteiger partial charge < -0.3 is 21.3 Å². The molecule has 11 heteroatoms. The van der Waals surface area contributed by atoms with E-state index >= 15 is 0 Å². The van der Waals surface area contributed by atoms with Crippen molar-refractivity contribution in [3.63, 3.8) is 0 Å². The van der Waals surface area contributed by atoms with Crippen molar-refractivity contribution < 1.29 is 14.2 Å². The van der Waals surface area contributed by atoms with Gasteiger partial charge in [-0.3, -0.25) is 0 Å². The highest BCUT2D eigenvalue weighted by Gasteiger charge is 2.13. The molecule has 0 aliphatic carbocycles. The summed E-state index contributed by atoms with van der Waals surface area (Å²) in [6.07, 6.45) is 0. The summed E-state index contributed by atoms with van der Waals surface area (Å²) in [5.41, 5.74) is 10.5. The highest BCUT2D eigenvalue weighted by Crippen LogP contribution is 2.20. The van der Waals surface area contributed by atoms with E-state index in [1.807, 2.05) is 0 Å². The van der Waals surface area contributed by atoms with Gasteiger partial charge in [0.2, 0.25) is 5.82 Å². The summed E-state index contributed by atoms with van der Waals surface area (Å²) < 4.78 is 8.39. The second-order valence-electron chi connectivity index (χ2n) is 2.31. The first kappa shape index (κ1) is 8.86. The van der Waals surface area contributed by atoms with Crippen molar-refractivity contribution in [2.45, 2.75) is 0 Å². The number of anilines is 2. The van der Waals surface area contributed by atoms with Crippen molar-refractivity contribution in [3.05, 3.63) is 5.21 Å². The van der Waals surface area contributed by atoms with Crippen LogP contribution in [0.5, 0.6) is 0 Å². The SMILES string of the molecule is Nc1nonc1N=Nc1no[n+]([O-])c1N. The molecule has 0 radical (unpaired) electrons. The van der Waals surface area contributed by atoms with Gasteiger partial charge in [-0.25, -0.2) is 4.63 Å². The van der Waals surface area contributed by atoms with Crippen molar-refractivity contribution in [2.24, 2.45) is 10.2 Å². The number of nitrogen functional groups attached to an aromatic ring is 2. The molecule has 0 aliphatic rings. The minimum atomic E-state index is -0.325. The molecule has 2 rings (SSSR count). The van der Waals surface area contributed by atoms with E-state index in [1.54, 1.807) is 0 Å². The average molecular weight is 212 g/mol. The second kappa shape index (κ2) is 3.21. The standard InChI is InChI=1S/C4H4N8O3/c5-1-3(10-14-9-1)7-8-4-2(6)12(13)15-11-4/h6H2,(H2,5,9). The fraction of sp³-hybridized carbons (Fsp3) is 0. The summed E-state index contributed by atoms with van der Waals surface area (Å²) >= 11 is 0. The first-order valence-electron chi connectivity index (χ1n) is 3.53. The zero-order valence-corrected chi connectivity index (χ0v) is 7.06. The highest BCUT2D eigenvalue weighted by molar-refractivity contribution is 5.50. The van der Waals surface area contributed by atoms with Gasteiger partial charge in [0.1, 0.15) is 0 Å². The zero-order valence-electron chi connectivity index (χ0n) is 7.06. The van der Waals surface area contributed by atoms with Crippen LogP contribution in [-0.4, -0.2) is 15.5 Å². The zero-order chi connectivity index (χ0) is 10.8. The van der Waals surface area contributed by atoms with Gasteiger partial charge in [-0.2, -0.15) is 0 Å². The number of rotatable bonds is 2. The van der Waals surface area contributed by atoms with Gasteiger partial charge in [-0.1, -0.05) is 4.90 Å². The normalized spacial score (nSPS) is 11.2. The van der Waals surface area contributed by atoms with Crippen molar-refractivity contribution in [1.29, 1.82) is 0 Å². The van der Waals surface area contributed by atoms with E-state index in [9.17, 15) is 5.21 Å². The fourth-order valence-corrected chi connectivity index (χ4v) is 0.672. The van der Waals surface area contributed by atoms with Crippen LogP contribution in [-0.2, 0) is 0 Å². The molecular formula is C4H4N8O3. The Morgan fingerprint density at radius 1 is 1.13 bits per heavy atom. The van der Waals surface area contributed by atoms with Crippen molar-refractivity contribution in [1.82, 2.24) is 15.5 Å². The molecule has 0 saturated heterocycles. The smallest absolute Gasteiger partial charge is 0.342 e. The topological polar surface area (TPSA) is 169 Å². The average Bonchev–Trinajstić information content (AvgIpc) is 2.74. The molecule has 0 aliphatic heterocycles. The molecule has 0 amide bonds. The molecule has 0 fully saturated rings. The number of azo groups is 1. The Morgan fingerprint density at radius 3 is 2.40 bits per heavy atom. The van der Waals surface area contributed by atoms with Crippen LogP contribution in [0.25, 0.3) is 0 Å². The third kappa shape index (κ3) is 1.52. The van der Waals surface area contributed by atoms with Crippen molar-refractivity contribution in [3.8, 4) is 0 Å². The molecule has 0 atom stereocenters. The lowest BCUT2D eigenvalue weighted by atomic mass is 10.7. The number of aromatic nitrogens is 4. The molecule has 4 N–H and O–H groups in total. The van der Waals surface area contributed by atoms with Crippen LogP contribution in [0.3, 0.4) is 0 Å². The van der Waals surface area contributed by atoms with Gasteiger partial charge in [-0.15, -0.1) is 10.2 Å².